The topological polar surface area (TPSA) is 88.2 Å². The molecule has 1 atom stereocenters. The van der Waals surface area contributed by atoms with E-state index in [-0.39, 0.29) is 18.4 Å². The number of aryl methyl sites for hydroxylation is 1. The van der Waals surface area contributed by atoms with Gasteiger partial charge in [-0.05, 0) is 31.2 Å². The predicted molar refractivity (Wildman–Crippen MR) is 116 cm³/mol. The fourth-order valence-electron chi connectivity index (χ4n) is 4.67. The van der Waals surface area contributed by atoms with Gasteiger partial charge in [0.1, 0.15) is 0 Å². The number of piperidine rings is 2. The molecule has 3 heterocycles. The first-order valence-corrected chi connectivity index (χ1v) is 12.7. The largest absolute Gasteiger partial charge is 0.356 e. The molecule has 0 aliphatic carbocycles. The molecule has 9 heteroatoms. The second-order valence-electron chi connectivity index (χ2n) is 8.59. The molecule has 8 nitrogen and oxygen atoms in total. The Morgan fingerprint density at radius 2 is 1.77 bits per heavy atom. The number of benzene rings is 1. The standard InChI is InChI=1S/C22H33N3O5S/c26-21(23-12-4-8-19-6-2-1-3-7-19)20-9-5-13-25(18-20)31(27,28)24-14-10-22(11-15-24)29-16-17-30-22/h1-3,6-7,20H,4-5,8-18H2,(H,23,26)/t20-/m1/s1. The first-order valence-electron chi connectivity index (χ1n) is 11.3. The Kier molecular flexibility index (Phi) is 7.28. The van der Waals surface area contributed by atoms with Crippen molar-refractivity contribution >= 4 is 16.1 Å². The van der Waals surface area contributed by atoms with Crippen LogP contribution in [-0.4, -0.2) is 74.7 Å². The van der Waals surface area contributed by atoms with Crippen molar-refractivity contribution in [1.82, 2.24) is 13.9 Å². The van der Waals surface area contributed by atoms with Gasteiger partial charge >= 0.3 is 0 Å². The number of amides is 1. The highest BCUT2D eigenvalue weighted by Crippen LogP contribution is 2.33. The van der Waals surface area contributed by atoms with Crippen molar-refractivity contribution in [3.63, 3.8) is 0 Å². The van der Waals surface area contributed by atoms with Crippen molar-refractivity contribution in [2.75, 3.05) is 45.9 Å². The summed E-state index contributed by atoms with van der Waals surface area (Å²) in [5.41, 5.74) is 1.25. The minimum absolute atomic E-state index is 0.0432. The van der Waals surface area contributed by atoms with Gasteiger partial charge < -0.3 is 14.8 Å². The number of nitrogens with one attached hydrogen (secondary N) is 1. The molecule has 1 aromatic carbocycles. The highest BCUT2D eigenvalue weighted by molar-refractivity contribution is 7.86. The van der Waals surface area contributed by atoms with Crippen molar-refractivity contribution in [3.8, 4) is 0 Å². The van der Waals surface area contributed by atoms with E-state index >= 15 is 0 Å². The van der Waals surface area contributed by atoms with E-state index in [1.165, 1.54) is 14.2 Å². The summed E-state index contributed by atoms with van der Waals surface area (Å²) in [5, 5.41) is 3.00. The van der Waals surface area contributed by atoms with E-state index < -0.39 is 16.0 Å². The molecule has 31 heavy (non-hydrogen) atoms. The number of rotatable bonds is 7. The van der Waals surface area contributed by atoms with Crippen LogP contribution >= 0.6 is 0 Å². The lowest BCUT2D eigenvalue weighted by Gasteiger charge is -2.40. The lowest BCUT2D eigenvalue weighted by molar-refractivity contribution is -0.179. The van der Waals surface area contributed by atoms with Gasteiger partial charge in [0.2, 0.25) is 5.91 Å². The van der Waals surface area contributed by atoms with Crippen molar-refractivity contribution in [2.24, 2.45) is 5.92 Å². The van der Waals surface area contributed by atoms with Crippen LogP contribution in [0.15, 0.2) is 30.3 Å². The van der Waals surface area contributed by atoms with Crippen LogP contribution in [0.25, 0.3) is 0 Å². The Morgan fingerprint density at radius 3 is 2.48 bits per heavy atom. The van der Waals surface area contributed by atoms with Crippen LogP contribution in [0.5, 0.6) is 0 Å². The summed E-state index contributed by atoms with van der Waals surface area (Å²) in [7, 11) is -3.58. The number of nitrogens with zero attached hydrogens (tertiary/aromatic N) is 2. The molecule has 1 spiro atoms. The number of ether oxygens (including phenoxy) is 2. The summed E-state index contributed by atoms with van der Waals surface area (Å²) in [5.74, 6) is -0.938. The zero-order chi connectivity index (χ0) is 21.7. The number of carbonyl (C=O) groups is 1. The third kappa shape index (κ3) is 5.46. The fraction of sp³-hybridized carbons (Fsp3) is 0.682. The molecule has 0 aromatic heterocycles. The molecular weight excluding hydrogens is 418 g/mol. The third-order valence-electron chi connectivity index (χ3n) is 6.49. The molecule has 172 valence electrons. The number of hydrogen-bond acceptors (Lipinski definition) is 5. The fourth-order valence-corrected chi connectivity index (χ4v) is 6.36. The summed E-state index contributed by atoms with van der Waals surface area (Å²) < 4.78 is 40.7. The molecule has 0 radical (unpaired) electrons. The van der Waals surface area contributed by atoms with Gasteiger partial charge in [-0.1, -0.05) is 30.3 Å². The van der Waals surface area contributed by atoms with E-state index in [9.17, 15) is 13.2 Å². The Bertz CT molecular complexity index is 832. The van der Waals surface area contributed by atoms with Gasteiger partial charge in [-0.15, -0.1) is 0 Å². The maximum Gasteiger partial charge on any atom is 0.282 e. The van der Waals surface area contributed by atoms with E-state index in [0.29, 0.717) is 58.7 Å². The highest BCUT2D eigenvalue weighted by atomic mass is 32.2. The minimum atomic E-state index is -3.58. The second-order valence-corrected chi connectivity index (χ2v) is 10.5. The van der Waals surface area contributed by atoms with Gasteiger partial charge in [-0.3, -0.25) is 4.79 Å². The average molecular weight is 452 g/mol. The van der Waals surface area contributed by atoms with E-state index in [4.69, 9.17) is 9.47 Å². The highest BCUT2D eigenvalue weighted by Gasteiger charge is 2.44. The number of hydrogen-bond donors (Lipinski definition) is 1. The van der Waals surface area contributed by atoms with E-state index in [0.717, 1.165) is 19.3 Å². The third-order valence-corrected chi connectivity index (χ3v) is 8.49. The summed E-state index contributed by atoms with van der Waals surface area (Å²) >= 11 is 0. The SMILES string of the molecule is O=C(NCCCc1ccccc1)[C@@H]1CCCN(S(=O)(=O)N2CCC3(CC2)OCCO3)C1. The molecule has 4 rings (SSSR count). The summed E-state index contributed by atoms with van der Waals surface area (Å²) in [6, 6.07) is 10.2. The normalized spacial score (nSPS) is 25.0. The van der Waals surface area contributed by atoms with Crippen molar-refractivity contribution in [1.29, 1.82) is 0 Å². The first kappa shape index (κ1) is 22.7. The maximum atomic E-state index is 13.2. The number of carbonyl (C=O) groups excluding carboxylic acids is 1. The summed E-state index contributed by atoms with van der Waals surface area (Å²) in [6.07, 6.45) is 4.30. The van der Waals surface area contributed by atoms with E-state index in [1.54, 1.807) is 0 Å². The van der Waals surface area contributed by atoms with Crippen LogP contribution < -0.4 is 5.32 Å². The Labute approximate surface area is 185 Å². The Hall–Kier alpha value is -1.52. The molecule has 3 aliphatic heterocycles. The average Bonchev–Trinajstić information content (AvgIpc) is 3.25. The van der Waals surface area contributed by atoms with Gasteiger partial charge in [-0.25, -0.2) is 0 Å². The van der Waals surface area contributed by atoms with Crippen molar-refractivity contribution in [2.45, 2.75) is 44.3 Å². The quantitative estimate of drug-likeness (QED) is 0.636. The minimum Gasteiger partial charge on any atom is -0.356 e. The molecular formula is C22H33N3O5S. The summed E-state index contributed by atoms with van der Waals surface area (Å²) in [4.78, 5) is 12.6. The Balaban J connectivity index is 1.25. The first-order chi connectivity index (χ1) is 15.0. The van der Waals surface area contributed by atoms with Gasteiger partial charge in [0, 0.05) is 45.6 Å². The lowest BCUT2D eigenvalue weighted by atomic mass is 9.99. The molecule has 0 saturated carbocycles. The lowest BCUT2D eigenvalue weighted by Crippen LogP contribution is -2.54. The van der Waals surface area contributed by atoms with Gasteiger partial charge in [0.05, 0.1) is 19.1 Å². The molecule has 1 amide bonds. The smallest absolute Gasteiger partial charge is 0.282 e. The van der Waals surface area contributed by atoms with Gasteiger partial charge in [0.25, 0.3) is 10.2 Å². The monoisotopic (exact) mass is 451 g/mol. The molecule has 3 fully saturated rings. The van der Waals surface area contributed by atoms with Gasteiger partial charge in [-0.2, -0.15) is 17.0 Å². The van der Waals surface area contributed by atoms with Crippen LogP contribution in [0.4, 0.5) is 0 Å². The maximum absolute atomic E-state index is 13.2. The zero-order valence-electron chi connectivity index (χ0n) is 18.0. The molecule has 1 N–H and O–H groups in total. The van der Waals surface area contributed by atoms with E-state index in [2.05, 4.69) is 17.4 Å². The van der Waals surface area contributed by atoms with Crippen molar-refractivity contribution in [3.05, 3.63) is 35.9 Å². The second kappa shape index (κ2) is 9.95. The summed E-state index contributed by atoms with van der Waals surface area (Å²) in [6.45, 7) is 3.23. The molecule has 3 saturated heterocycles. The molecule has 1 aromatic rings. The van der Waals surface area contributed by atoms with Crippen LogP contribution in [-0.2, 0) is 30.9 Å². The van der Waals surface area contributed by atoms with E-state index in [1.807, 2.05) is 18.2 Å². The Morgan fingerprint density at radius 1 is 1.06 bits per heavy atom. The van der Waals surface area contributed by atoms with Crippen LogP contribution in [0, 0.1) is 5.92 Å². The van der Waals surface area contributed by atoms with Crippen LogP contribution in [0.2, 0.25) is 0 Å². The van der Waals surface area contributed by atoms with Crippen LogP contribution in [0.3, 0.4) is 0 Å². The van der Waals surface area contributed by atoms with Crippen LogP contribution in [0.1, 0.15) is 37.7 Å². The molecule has 0 bridgehead atoms. The zero-order valence-corrected chi connectivity index (χ0v) is 18.8. The molecule has 0 unspecified atom stereocenters. The molecule has 3 aliphatic rings. The van der Waals surface area contributed by atoms with Gasteiger partial charge in [0.15, 0.2) is 5.79 Å². The predicted octanol–water partition coefficient (Wildman–Crippen LogP) is 1.53. The van der Waals surface area contributed by atoms with Crippen molar-refractivity contribution < 1.29 is 22.7 Å².